The van der Waals surface area contributed by atoms with Crippen molar-refractivity contribution in [3.05, 3.63) is 76.3 Å². The Bertz CT molecular complexity index is 914. The molecule has 0 bridgehead atoms. The first-order valence-corrected chi connectivity index (χ1v) is 9.21. The number of hydrogen-bond donors (Lipinski definition) is 1. The van der Waals surface area contributed by atoms with E-state index < -0.39 is 6.67 Å². The van der Waals surface area contributed by atoms with Crippen LogP contribution in [0.15, 0.2) is 49.1 Å². The van der Waals surface area contributed by atoms with Gasteiger partial charge < -0.3 is 10.5 Å². The number of rotatable bonds is 5. The number of fused-ring (bicyclic) bond motifs is 1. The number of ether oxygens (including phenoxy) is 1. The fourth-order valence-electron chi connectivity index (χ4n) is 3.35. The Morgan fingerprint density at radius 3 is 2.73 bits per heavy atom. The van der Waals surface area contributed by atoms with Crippen molar-refractivity contribution in [2.75, 3.05) is 0 Å². The zero-order chi connectivity index (χ0) is 18.3. The summed E-state index contributed by atoms with van der Waals surface area (Å²) < 4.78 is 19.3. The van der Waals surface area contributed by atoms with Crippen molar-refractivity contribution < 1.29 is 9.13 Å². The third-order valence-corrected chi connectivity index (χ3v) is 5.50. The van der Waals surface area contributed by atoms with Crippen LogP contribution >= 0.6 is 11.6 Å². The van der Waals surface area contributed by atoms with E-state index in [2.05, 4.69) is 6.58 Å². The molecular formula is C22H21ClFNO. The van der Waals surface area contributed by atoms with E-state index in [4.69, 9.17) is 22.1 Å². The maximum Gasteiger partial charge on any atom is 0.153 e. The summed E-state index contributed by atoms with van der Waals surface area (Å²) >= 11 is 6.32. The third-order valence-electron chi connectivity index (χ3n) is 5.20. The summed E-state index contributed by atoms with van der Waals surface area (Å²) in [5.74, 6) is 1.31. The highest BCUT2D eigenvalue weighted by Gasteiger charge is 2.37. The minimum atomic E-state index is -0.484. The Kier molecular flexibility index (Phi) is 4.37. The maximum atomic E-state index is 13.2. The summed E-state index contributed by atoms with van der Waals surface area (Å²) in [4.78, 5) is 0. The smallest absolute Gasteiger partial charge is 0.153 e. The Labute approximate surface area is 158 Å². The van der Waals surface area contributed by atoms with Crippen molar-refractivity contribution in [3.8, 4) is 5.75 Å². The SMILES string of the molecule is C=C1C=C(c2ccc(CF)cc2CCC2(N)CC2)Oc2c(Cl)cccc21. The lowest BCUT2D eigenvalue weighted by Gasteiger charge is -2.23. The van der Waals surface area contributed by atoms with Crippen LogP contribution in [0.5, 0.6) is 5.75 Å². The molecule has 0 unspecified atom stereocenters. The summed E-state index contributed by atoms with van der Waals surface area (Å²) in [5.41, 5.74) is 10.6. The lowest BCUT2D eigenvalue weighted by atomic mass is 9.94. The quantitative estimate of drug-likeness (QED) is 0.735. The first kappa shape index (κ1) is 17.3. The van der Waals surface area contributed by atoms with E-state index >= 15 is 0 Å². The summed E-state index contributed by atoms with van der Waals surface area (Å²) in [6.07, 6.45) is 5.72. The van der Waals surface area contributed by atoms with E-state index in [9.17, 15) is 4.39 Å². The van der Waals surface area contributed by atoms with Crippen LogP contribution < -0.4 is 10.5 Å². The van der Waals surface area contributed by atoms with Gasteiger partial charge in [-0.1, -0.05) is 48.5 Å². The summed E-state index contributed by atoms with van der Waals surface area (Å²) in [5, 5.41) is 0.551. The zero-order valence-electron chi connectivity index (χ0n) is 14.5. The minimum absolute atomic E-state index is 0.0513. The Morgan fingerprint density at radius 1 is 1.19 bits per heavy atom. The topological polar surface area (TPSA) is 35.2 Å². The number of hydrogen-bond acceptors (Lipinski definition) is 2. The van der Waals surface area contributed by atoms with Crippen LogP contribution in [0.2, 0.25) is 5.02 Å². The van der Waals surface area contributed by atoms with E-state index in [0.717, 1.165) is 47.9 Å². The van der Waals surface area contributed by atoms with Crippen molar-refractivity contribution >= 4 is 22.9 Å². The van der Waals surface area contributed by atoms with Gasteiger partial charge in [-0.3, -0.25) is 0 Å². The van der Waals surface area contributed by atoms with Crippen molar-refractivity contribution in [1.82, 2.24) is 0 Å². The fraction of sp³-hybridized carbons (Fsp3) is 0.273. The van der Waals surface area contributed by atoms with Crippen LogP contribution in [0.25, 0.3) is 11.3 Å². The van der Waals surface area contributed by atoms with Gasteiger partial charge in [-0.2, -0.15) is 0 Å². The van der Waals surface area contributed by atoms with Crippen LogP contribution in [0.1, 0.15) is 41.5 Å². The summed E-state index contributed by atoms with van der Waals surface area (Å²) in [7, 11) is 0. The van der Waals surface area contributed by atoms with E-state index in [1.807, 2.05) is 30.3 Å². The highest BCUT2D eigenvalue weighted by Crippen LogP contribution is 2.42. The van der Waals surface area contributed by atoms with Crippen LogP contribution in [-0.4, -0.2) is 5.54 Å². The van der Waals surface area contributed by atoms with Crippen molar-refractivity contribution in [3.63, 3.8) is 0 Å². The van der Waals surface area contributed by atoms with Gasteiger partial charge in [0.2, 0.25) is 0 Å². The standard InChI is InChI=1S/C22H21ClFNO/c1-14-11-20(26-21-17(14)3-2-4-19(21)23)18-6-5-15(13-24)12-16(18)7-8-22(25)9-10-22/h2-6,11-12H,1,7-10,13,25H2. The summed E-state index contributed by atoms with van der Waals surface area (Å²) in [6.45, 7) is 3.65. The van der Waals surface area contributed by atoms with Gasteiger partial charge in [0.15, 0.2) is 5.75 Å². The van der Waals surface area contributed by atoms with Gasteiger partial charge >= 0.3 is 0 Å². The number of allylic oxidation sites excluding steroid dienone is 2. The molecule has 1 aliphatic heterocycles. The number of benzene rings is 2. The number of nitrogens with two attached hydrogens (primary N) is 1. The molecule has 134 valence electrons. The molecule has 1 heterocycles. The first-order valence-electron chi connectivity index (χ1n) is 8.83. The molecule has 2 N–H and O–H groups in total. The Balaban J connectivity index is 1.70. The molecule has 0 radical (unpaired) electrons. The highest BCUT2D eigenvalue weighted by atomic mass is 35.5. The molecule has 0 atom stereocenters. The monoisotopic (exact) mass is 369 g/mol. The Hall–Kier alpha value is -2.10. The number of para-hydroxylation sites is 1. The predicted octanol–water partition coefficient (Wildman–Crippen LogP) is 5.68. The molecule has 1 saturated carbocycles. The van der Waals surface area contributed by atoms with Crippen molar-refractivity contribution in [2.45, 2.75) is 37.9 Å². The van der Waals surface area contributed by atoms with Crippen LogP contribution in [0.3, 0.4) is 0 Å². The molecule has 2 aromatic carbocycles. The van der Waals surface area contributed by atoms with E-state index in [0.29, 0.717) is 22.1 Å². The minimum Gasteiger partial charge on any atom is -0.454 e. The third kappa shape index (κ3) is 3.29. The van der Waals surface area contributed by atoms with Crippen molar-refractivity contribution in [2.24, 2.45) is 5.73 Å². The molecule has 0 spiro atoms. The van der Waals surface area contributed by atoms with Gasteiger partial charge in [0.1, 0.15) is 12.4 Å². The first-order chi connectivity index (χ1) is 12.5. The van der Waals surface area contributed by atoms with Gasteiger partial charge in [0.25, 0.3) is 0 Å². The largest absolute Gasteiger partial charge is 0.454 e. The van der Waals surface area contributed by atoms with Gasteiger partial charge in [-0.25, -0.2) is 4.39 Å². The maximum absolute atomic E-state index is 13.2. The molecule has 0 saturated heterocycles. The second kappa shape index (κ2) is 6.57. The van der Waals surface area contributed by atoms with Crippen LogP contribution in [-0.2, 0) is 13.1 Å². The molecule has 4 heteroatoms. The molecule has 0 aromatic heterocycles. The second-order valence-electron chi connectivity index (χ2n) is 7.24. The molecule has 4 rings (SSSR count). The average Bonchev–Trinajstić information content (AvgIpc) is 3.38. The zero-order valence-corrected chi connectivity index (χ0v) is 15.3. The highest BCUT2D eigenvalue weighted by molar-refractivity contribution is 6.32. The van der Waals surface area contributed by atoms with Gasteiger partial charge in [0, 0.05) is 16.7 Å². The second-order valence-corrected chi connectivity index (χ2v) is 7.65. The van der Waals surface area contributed by atoms with Crippen LogP contribution in [0.4, 0.5) is 4.39 Å². The predicted molar refractivity (Wildman–Crippen MR) is 105 cm³/mol. The van der Waals surface area contributed by atoms with Crippen molar-refractivity contribution in [1.29, 1.82) is 0 Å². The lowest BCUT2D eigenvalue weighted by molar-refractivity contribution is 0.484. The van der Waals surface area contributed by atoms with Crippen LogP contribution in [0, 0.1) is 0 Å². The molecule has 2 aliphatic rings. The normalized spacial score (nSPS) is 17.3. The molecular weight excluding hydrogens is 349 g/mol. The van der Waals surface area contributed by atoms with E-state index in [-0.39, 0.29) is 5.54 Å². The lowest BCUT2D eigenvalue weighted by Crippen LogP contribution is -2.22. The van der Waals surface area contributed by atoms with Gasteiger partial charge in [0.05, 0.1) is 5.02 Å². The molecule has 2 aromatic rings. The Morgan fingerprint density at radius 2 is 2.00 bits per heavy atom. The van der Waals surface area contributed by atoms with E-state index in [1.54, 1.807) is 12.1 Å². The molecule has 0 amide bonds. The molecule has 26 heavy (non-hydrogen) atoms. The number of aryl methyl sites for hydroxylation is 1. The number of alkyl halides is 1. The molecule has 1 aliphatic carbocycles. The average molecular weight is 370 g/mol. The number of halogens is 2. The van der Waals surface area contributed by atoms with Gasteiger partial charge in [-0.15, -0.1) is 0 Å². The van der Waals surface area contributed by atoms with E-state index in [1.165, 1.54) is 0 Å². The molecule has 1 fully saturated rings. The summed E-state index contributed by atoms with van der Waals surface area (Å²) in [6, 6.07) is 11.2. The fourth-order valence-corrected chi connectivity index (χ4v) is 3.56. The van der Waals surface area contributed by atoms with Gasteiger partial charge in [-0.05, 0) is 54.5 Å². The molecule has 2 nitrogen and oxygen atoms in total.